The lowest BCUT2D eigenvalue weighted by molar-refractivity contribution is -0.305. The summed E-state index contributed by atoms with van der Waals surface area (Å²) in [5, 5.41) is 40.1. The standard InChI is InChI=1S/C50H96O10/c1-3-5-7-9-11-13-15-17-18-19-20-21-22-23-24-25-27-28-30-32-34-36-38-45(52)57-41-43(42-58-50-49(56)48(55)47(54)44(40-51)60-50)59-46(53)39-37-35-33-31-29-26-16-14-12-10-8-6-4-2/h43-44,47-51,54-56H,3-42H2,1-2H3/t43-,44-,47+,48?,49?,50-/m0/s1. The maximum atomic E-state index is 12.8. The van der Waals surface area contributed by atoms with Gasteiger partial charge in [0.2, 0.25) is 0 Å². The number of ether oxygens (including phenoxy) is 4. The number of hydrogen-bond donors (Lipinski definition) is 4. The topological polar surface area (TPSA) is 152 Å². The molecule has 1 rings (SSSR count). The van der Waals surface area contributed by atoms with E-state index in [-0.39, 0.29) is 32.0 Å². The number of aliphatic hydroxyl groups is 4. The van der Waals surface area contributed by atoms with Gasteiger partial charge in [-0.1, -0.05) is 226 Å². The van der Waals surface area contributed by atoms with Crippen LogP contribution < -0.4 is 0 Å². The number of carbonyl (C=O) groups excluding carboxylic acids is 2. The second kappa shape index (κ2) is 41.7. The molecule has 0 aromatic rings. The molecular weight excluding hydrogens is 761 g/mol. The van der Waals surface area contributed by atoms with Crippen molar-refractivity contribution in [1.29, 1.82) is 0 Å². The molecule has 0 aromatic carbocycles. The zero-order valence-electron chi connectivity index (χ0n) is 39.0. The highest BCUT2D eigenvalue weighted by Gasteiger charge is 2.44. The van der Waals surface area contributed by atoms with Gasteiger partial charge in [0.25, 0.3) is 0 Å². The molecule has 2 unspecified atom stereocenters. The third-order valence-corrected chi connectivity index (χ3v) is 12.2. The largest absolute Gasteiger partial charge is 0.462 e. The third kappa shape index (κ3) is 32.4. The molecule has 1 saturated heterocycles. The molecule has 0 amide bonds. The second-order valence-electron chi connectivity index (χ2n) is 18.0. The van der Waals surface area contributed by atoms with Crippen LogP contribution in [0.3, 0.4) is 0 Å². The van der Waals surface area contributed by atoms with Gasteiger partial charge in [0, 0.05) is 12.8 Å². The van der Waals surface area contributed by atoms with Gasteiger partial charge >= 0.3 is 11.9 Å². The number of hydrogen-bond acceptors (Lipinski definition) is 10. The Morgan fingerprint density at radius 3 is 1.13 bits per heavy atom. The van der Waals surface area contributed by atoms with Crippen LogP contribution in [-0.4, -0.2) is 89.0 Å². The normalized spacial score (nSPS) is 19.7. The summed E-state index contributed by atoms with van der Waals surface area (Å²) in [5.41, 5.74) is 0. The number of aliphatic hydroxyl groups excluding tert-OH is 4. The molecule has 0 spiro atoms. The first-order valence-electron chi connectivity index (χ1n) is 25.6. The average Bonchev–Trinajstić information content (AvgIpc) is 3.25. The molecule has 1 heterocycles. The van der Waals surface area contributed by atoms with Gasteiger partial charge in [0.1, 0.15) is 31.0 Å². The molecule has 6 atom stereocenters. The lowest BCUT2D eigenvalue weighted by atomic mass is 9.99. The molecule has 60 heavy (non-hydrogen) atoms. The van der Waals surface area contributed by atoms with Crippen molar-refractivity contribution in [3.05, 3.63) is 0 Å². The number of unbranched alkanes of at least 4 members (excludes halogenated alkanes) is 33. The maximum Gasteiger partial charge on any atom is 0.306 e. The van der Waals surface area contributed by atoms with Crippen molar-refractivity contribution in [1.82, 2.24) is 0 Å². The SMILES string of the molecule is CCCCCCCCCCCCCCCCCCCCCCCCC(=O)OC[C@@H](CO[C@H]1O[C@@H](CO)[C@@H](O)C(O)C1O)OC(=O)CCCCCCCCCCCCCCC. The van der Waals surface area contributed by atoms with Crippen molar-refractivity contribution in [2.75, 3.05) is 19.8 Å². The third-order valence-electron chi connectivity index (χ3n) is 12.2. The zero-order valence-corrected chi connectivity index (χ0v) is 39.0. The molecule has 1 fully saturated rings. The van der Waals surface area contributed by atoms with E-state index in [1.54, 1.807) is 0 Å². The minimum Gasteiger partial charge on any atom is -0.462 e. The van der Waals surface area contributed by atoms with Gasteiger partial charge in [-0.15, -0.1) is 0 Å². The van der Waals surface area contributed by atoms with E-state index in [1.165, 1.54) is 180 Å². The summed E-state index contributed by atoms with van der Waals surface area (Å²) in [6.07, 6.45) is 36.9. The average molecular weight is 857 g/mol. The number of esters is 2. The molecule has 0 aromatic heterocycles. The first kappa shape index (κ1) is 56.7. The molecule has 10 heteroatoms. The molecule has 1 aliphatic heterocycles. The number of rotatable bonds is 44. The van der Waals surface area contributed by atoms with Crippen molar-refractivity contribution < 1.29 is 49.0 Å². The van der Waals surface area contributed by atoms with Gasteiger partial charge in [0.05, 0.1) is 13.2 Å². The van der Waals surface area contributed by atoms with Crippen LogP contribution in [0.2, 0.25) is 0 Å². The smallest absolute Gasteiger partial charge is 0.306 e. The highest BCUT2D eigenvalue weighted by Crippen LogP contribution is 2.23. The Morgan fingerprint density at radius 2 is 0.783 bits per heavy atom. The summed E-state index contributed by atoms with van der Waals surface area (Å²) in [7, 11) is 0. The Labute approximate surface area is 368 Å². The minimum atomic E-state index is -1.59. The van der Waals surface area contributed by atoms with Crippen molar-refractivity contribution >= 4 is 11.9 Å². The van der Waals surface area contributed by atoms with Crippen molar-refractivity contribution in [2.45, 2.75) is 288 Å². The van der Waals surface area contributed by atoms with E-state index < -0.39 is 49.4 Å². The van der Waals surface area contributed by atoms with Crippen LogP contribution in [0.5, 0.6) is 0 Å². The summed E-state index contributed by atoms with van der Waals surface area (Å²) in [5.74, 6) is -0.787. The van der Waals surface area contributed by atoms with Gasteiger partial charge in [-0.25, -0.2) is 0 Å². The Kier molecular flexibility index (Phi) is 39.4. The van der Waals surface area contributed by atoms with Crippen LogP contribution >= 0.6 is 0 Å². The summed E-state index contributed by atoms with van der Waals surface area (Å²) >= 11 is 0. The Balaban J connectivity index is 2.20. The van der Waals surface area contributed by atoms with E-state index in [9.17, 15) is 30.0 Å². The molecule has 4 N–H and O–H groups in total. The zero-order chi connectivity index (χ0) is 43.7. The van der Waals surface area contributed by atoms with E-state index in [0.29, 0.717) is 6.42 Å². The first-order chi connectivity index (χ1) is 29.3. The van der Waals surface area contributed by atoms with Crippen LogP contribution in [0.15, 0.2) is 0 Å². The van der Waals surface area contributed by atoms with E-state index in [1.807, 2.05) is 0 Å². The summed E-state index contributed by atoms with van der Waals surface area (Å²) in [6.45, 7) is 3.47. The fraction of sp³-hybridized carbons (Fsp3) is 0.960. The van der Waals surface area contributed by atoms with Crippen LogP contribution in [0.25, 0.3) is 0 Å². The predicted molar refractivity (Wildman–Crippen MR) is 243 cm³/mol. The van der Waals surface area contributed by atoms with Gasteiger partial charge in [-0.3, -0.25) is 9.59 Å². The van der Waals surface area contributed by atoms with Crippen LogP contribution in [0.4, 0.5) is 0 Å². The summed E-state index contributed by atoms with van der Waals surface area (Å²) < 4.78 is 22.2. The van der Waals surface area contributed by atoms with Gasteiger partial charge in [-0.05, 0) is 12.8 Å². The maximum absolute atomic E-state index is 12.8. The van der Waals surface area contributed by atoms with Crippen molar-refractivity contribution in [3.8, 4) is 0 Å². The molecular formula is C50H96O10. The second-order valence-corrected chi connectivity index (χ2v) is 18.0. The fourth-order valence-electron chi connectivity index (χ4n) is 8.19. The molecule has 0 aliphatic carbocycles. The van der Waals surface area contributed by atoms with Crippen molar-refractivity contribution in [3.63, 3.8) is 0 Å². The lowest BCUT2D eigenvalue weighted by Gasteiger charge is -2.39. The monoisotopic (exact) mass is 857 g/mol. The van der Waals surface area contributed by atoms with Crippen LogP contribution in [0.1, 0.15) is 251 Å². The highest BCUT2D eigenvalue weighted by molar-refractivity contribution is 5.70. The molecule has 356 valence electrons. The molecule has 0 saturated carbocycles. The summed E-state index contributed by atoms with van der Waals surface area (Å²) in [4.78, 5) is 25.4. The lowest BCUT2D eigenvalue weighted by Crippen LogP contribution is -2.59. The quantitative estimate of drug-likeness (QED) is 0.0344. The van der Waals surface area contributed by atoms with Gasteiger partial charge < -0.3 is 39.4 Å². The summed E-state index contributed by atoms with van der Waals surface area (Å²) in [6, 6.07) is 0. The Hall–Kier alpha value is -1.30. The first-order valence-corrected chi connectivity index (χ1v) is 25.6. The van der Waals surface area contributed by atoms with Crippen LogP contribution in [-0.2, 0) is 28.5 Å². The molecule has 10 nitrogen and oxygen atoms in total. The Bertz CT molecular complexity index is 948. The molecule has 1 aliphatic rings. The van der Waals surface area contributed by atoms with E-state index in [2.05, 4.69) is 13.8 Å². The van der Waals surface area contributed by atoms with E-state index in [4.69, 9.17) is 18.9 Å². The molecule has 0 radical (unpaired) electrons. The number of carbonyl (C=O) groups is 2. The predicted octanol–water partition coefficient (Wildman–Crippen LogP) is 11.7. The molecule has 0 bridgehead atoms. The van der Waals surface area contributed by atoms with Gasteiger partial charge in [-0.2, -0.15) is 0 Å². The van der Waals surface area contributed by atoms with Gasteiger partial charge in [0.15, 0.2) is 12.4 Å². The highest BCUT2D eigenvalue weighted by atomic mass is 16.7. The fourth-order valence-corrected chi connectivity index (χ4v) is 8.19. The minimum absolute atomic E-state index is 0.208. The van der Waals surface area contributed by atoms with Crippen LogP contribution in [0, 0.1) is 0 Å². The van der Waals surface area contributed by atoms with E-state index in [0.717, 1.165) is 38.5 Å². The Morgan fingerprint density at radius 1 is 0.450 bits per heavy atom. The van der Waals surface area contributed by atoms with Crippen molar-refractivity contribution in [2.24, 2.45) is 0 Å². The van der Waals surface area contributed by atoms with E-state index >= 15 is 0 Å².